The van der Waals surface area contributed by atoms with E-state index in [1.807, 2.05) is 53.1 Å². The molecule has 0 radical (unpaired) electrons. The van der Waals surface area contributed by atoms with Crippen LogP contribution in [0.4, 0.5) is 0 Å². The van der Waals surface area contributed by atoms with E-state index >= 15 is 0 Å². The van der Waals surface area contributed by atoms with Gasteiger partial charge in [0.2, 0.25) is 0 Å². The first kappa shape index (κ1) is 26.5. The number of ether oxygens (including phenoxy) is 2. The highest BCUT2D eigenvalue weighted by Crippen LogP contribution is 2.41. The van der Waals surface area contributed by atoms with Crippen LogP contribution in [-0.4, -0.2) is 23.8 Å². The van der Waals surface area contributed by atoms with E-state index in [1.165, 1.54) is 22.5 Å². The molecule has 3 heterocycles. The third-order valence-corrected chi connectivity index (χ3v) is 9.68. The van der Waals surface area contributed by atoms with E-state index in [9.17, 15) is 4.79 Å². The molecule has 0 amide bonds. The van der Waals surface area contributed by atoms with E-state index in [1.54, 1.807) is 14.2 Å². The largest absolute Gasteiger partial charge is 0.497 e. The Morgan fingerprint density at radius 3 is 2.48 bits per heavy atom. The van der Waals surface area contributed by atoms with Gasteiger partial charge in [0.25, 0.3) is 5.56 Å². The lowest BCUT2D eigenvalue weighted by Gasteiger charge is -2.30. The number of benzene rings is 4. The number of methoxy groups -OCH3 is 2. The number of hydrogen-bond donors (Lipinski definition) is 1. The third-order valence-electron chi connectivity index (χ3n) is 8.70. The summed E-state index contributed by atoms with van der Waals surface area (Å²) >= 11 is 1.44. The Hall–Kier alpha value is -5.14. The molecule has 0 unspecified atom stereocenters. The molecule has 6 nitrogen and oxygen atoms in total. The fraction of sp³-hybridized carbons (Fsp3) is 0.135. The molecule has 2 aliphatic rings. The average Bonchev–Trinajstić information content (AvgIpc) is 3.61. The van der Waals surface area contributed by atoms with Crippen molar-refractivity contribution in [2.45, 2.75) is 18.9 Å². The number of para-hydroxylation sites is 1. The van der Waals surface area contributed by atoms with Crippen LogP contribution in [0.2, 0.25) is 0 Å². The van der Waals surface area contributed by atoms with E-state index < -0.39 is 0 Å². The molecule has 8 rings (SSSR count). The highest BCUT2D eigenvalue weighted by atomic mass is 32.1. The van der Waals surface area contributed by atoms with Gasteiger partial charge in [-0.05, 0) is 59.4 Å². The molecule has 1 N–H and O–H groups in total. The summed E-state index contributed by atoms with van der Waals surface area (Å²) in [7, 11) is 3.34. The smallest absolute Gasteiger partial charge is 0.271 e. The van der Waals surface area contributed by atoms with Gasteiger partial charge in [-0.3, -0.25) is 9.36 Å². The van der Waals surface area contributed by atoms with E-state index in [4.69, 9.17) is 14.5 Å². The Kier molecular flexibility index (Phi) is 6.34. The Bertz CT molecular complexity index is 2280. The Balaban J connectivity index is 1.40. The minimum absolute atomic E-state index is 0.0452. The van der Waals surface area contributed by atoms with Crippen LogP contribution in [-0.2, 0) is 6.42 Å². The lowest BCUT2D eigenvalue weighted by Crippen LogP contribution is -2.38. The first-order valence-electron chi connectivity index (χ1n) is 14.7. The maximum atomic E-state index is 14.5. The summed E-state index contributed by atoms with van der Waals surface area (Å²) in [5, 5.41) is 0.994. The molecule has 0 fully saturated rings. The lowest BCUT2D eigenvalue weighted by atomic mass is 9.83. The van der Waals surface area contributed by atoms with Crippen molar-refractivity contribution in [3.63, 3.8) is 0 Å². The van der Waals surface area contributed by atoms with Crippen molar-refractivity contribution >= 4 is 34.0 Å². The van der Waals surface area contributed by atoms with Crippen molar-refractivity contribution in [1.82, 2.24) is 9.55 Å². The summed E-state index contributed by atoms with van der Waals surface area (Å²) in [5.74, 6) is 1.54. The highest BCUT2D eigenvalue weighted by Gasteiger charge is 2.32. The van der Waals surface area contributed by atoms with Crippen LogP contribution in [0, 0.1) is 0 Å². The molecule has 4 aromatic carbocycles. The zero-order valence-corrected chi connectivity index (χ0v) is 25.2. The van der Waals surface area contributed by atoms with E-state index in [0.717, 1.165) is 68.9 Å². The SMILES string of the molecule is COc1ccc([C@@H]2C3=C(N=c4s/c(=C/c5c(-c6ccccc6)[nH]c6c(OC)cccc56)c(=O)n42)c2ccccc2CC3)cc1. The van der Waals surface area contributed by atoms with Crippen LogP contribution in [0.15, 0.2) is 112 Å². The number of aromatic amines is 1. The minimum Gasteiger partial charge on any atom is -0.497 e. The third kappa shape index (κ3) is 4.15. The summed E-state index contributed by atoms with van der Waals surface area (Å²) in [6.45, 7) is 0. The molecule has 7 heteroatoms. The summed E-state index contributed by atoms with van der Waals surface area (Å²) < 4.78 is 13.7. The molecule has 1 aliphatic carbocycles. The fourth-order valence-electron chi connectivity index (χ4n) is 6.60. The van der Waals surface area contributed by atoms with Gasteiger partial charge >= 0.3 is 0 Å². The van der Waals surface area contributed by atoms with Gasteiger partial charge in [0, 0.05) is 16.5 Å². The van der Waals surface area contributed by atoms with Crippen molar-refractivity contribution in [2.75, 3.05) is 14.2 Å². The van der Waals surface area contributed by atoms with Gasteiger partial charge in [0.05, 0.1) is 41.7 Å². The van der Waals surface area contributed by atoms with Gasteiger partial charge in [-0.1, -0.05) is 90.2 Å². The number of nitrogens with one attached hydrogen (secondary N) is 1. The van der Waals surface area contributed by atoms with Gasteiger partial charge in [0.15, 0.2) is 4.80 Å². The standard InChI is InChI=1S/C37H29N3O3S/c1-42-25-18-15-24(16-19-25)35-28-20-17-22-9-6-7-12-26(22)33(28)39-37-40(35)36(41)31(44-37)21-29-27-13-8-14-30(43-2)34(27)38-32(29)23-10-4-3-5-11-23/h3-16,18-19,21,35,38H,17,20H2,1-2H3/b31-21+/t35-/m1/s1. The number of aryl methyl sites for hydroxylation is 1. The van der Waals surface area contributed by atoms with Gasteiger partial charge in [-0.2, -0.15) is 0 Å². The zero-order valence-electron chi connectivity index (χ0n) is 24.3. The van der Waals surface area contributed by atoms with Crippen LogP contribution in [0.5, 0.6) is 11.5 Å². The van der Waals surface area contributed by atoms with Crippen LogP contribution < -0.4 is 24.4 Å². The molecule has 2 aromatic heterocycles. The predicted octanol–water partition coefficient (Wildman–Crippen LogP) is 6.48. The second kappa shape index (κ2) is 10.5. The Morgan fingerprint density at radius 1 is 0.886 bits per heavy atom. The van der Waals surface area contributed by atoms with Gasteiger partial charge in [-0.15, -0.1) is 0 Å². The Morgan fingerprint density at radius 2 is 1.68 bits per heavy atom. The number of thiazole rings is 1. The predicted molar refractivity (Wildman–Crippen MR) is 176 cm³/mol. The van der Waals surface area contributed by atoms with Gasteiger partial charge in [-0.25, -0.2) is 4.99 Å². The molecule has 6 aromatic rings. The van der Waals surface area contributed by atoms with Gasteiger partial charge < -0.3 is 14.5 Å². The molecule has 1 atom stereocenters. The second-order valence-corrected chi connectivity index (χ2v) is 12.1. The number of hydrogen-bond acceptors (Lipinski definition) is 5. The van der Waals surface area contributed by atoms with Crippen molar-refractivity contribution in [3.05, 3.63) is 145 Å². The van der Waals surface area contributed by atoms with Crippen molar-refractivity contribution < 1.29 is 9.47 Å². The number of aromatic nitrogens is 2. The van der Waals surface area contributed by atoms with Crippen LogP contribution >= 0.6 is 11.3 Å². The maximum absolute atomic E-state index is 14.5. The number of nitrogens with zero attached hydrogens (tertiary/aromatic N) is 2. The van der Waals surface area contributed by atoms with Crippen molar-refractivity contribution in [3.8, 4) is 22.8 Å². The summed E-state index contributed by atoms with van der Waals surface area (Å²) in [4.78, 5) is 24.0. The average molecular weight is 596 g/mol. The number of allylic oxidation sites excluding steroid dienone is 1. The molecular weight excluding hydrogens is 566 g/mol. The molecule has 0 spiro atoms. The van der Waals surface area contributed by atoms with Crippen LogP contribution in [0.3, 0.4) is 0 Å². The first-order valence-corrected chi connectivity index (χ1v) is 15.5. The van der Waals surface area contributed by atoms with E-state index in [0.29, 0.717) is 9.33 Å². The second-order valence-electron chi connectivity index (χ2n) is 11.0. The topological polar surface area (TPSA) is 68.6 Å². The number of H-pyrrole nitrogens is 1. The Labute approximate surface area is 257 Å². The minimum atomic E-state index is -0.251. The normalized spacial score (nSPS) is 15.9. The molecule has 1 aliphatic heterocycles. The van der Waals surface area contributed by atoms with Crippen molar-refractivity contribution in [1.29, 1.82) is 0 Å². The van der Waals surface area contributed by atoms with E-state index in [2.05, 4.69) is 59.6 Å². The van der Waals surface area contributed by atoms with E-state index in [-0.39, 0.29) is 11.6 Å². The summed E-state index contributed by atoms with van der Waals surface area (Å²) in [6.07, 6.45) is 3.78. The van der Waals surface area contributed by atoms with Crippen LogP contribution in [0.1, 0.15) is 34.7 Å². The molecular formula is C37H29N3O3S. The summed E-state index contributed by atoms with van der Waals surface area (Å²) in [6, 6.07) is 32.5. The fourth-order valence-corrected chi connectivity index (χ4v) is 7.59. The highest BCUT2D eigenvalue weighted by molar-refractivity contribution is 7.07. The molecule has 216 valence electrons. The molecule has 0 bridgehead atoms. The molecule has 0 saturated heterocycles. The maximum Gasteiger partial charge on any atom is 0.271 e. The van der Waals surface area contributed by atoms with Crippen molar-refractivity contribution in [2.24, 2.45) is 4.99 Å². The van der Waals surface area contributed by atoms with Gasteiger partial charge in [0.1, 0.15) is 11.5 Å². The first-order chi connectivity index (χ1) is 21.6. The molecule has 0 saturated carbocycles. The summed E-state index contributed by atoms with van der Waals surface area (Å²) in [5.41, 5.74) is 9.43. The quantitative estimate of drug-likeness (QED) is 0.248. The monoisotopic (exact) mass is 595 g/mol. The number of rotatable bonds is 5. The lowest BCUT2D eigenvalue weighted by molar-refractivity contribution is 0.414. The number of fused-ring (bicyclic) bond motifs is 4. The zero-order chi connectivity index (χ0) is 29.8. The van der Waals surface area contributed by atoms with Crippen LogP contribution in [0.25, 0.3) is 33.9 Å². The molecule has 44 heavy (non-hydrogen) atoms.